The summed E-state index contributed by atoms with van der Waals surface area (Å²) in [7, 11) is 0. The molecule has 0 saturated carbocycles. The molecule has 0 amide bonds. The second-order valence-corrected chi connectivity index (χ2v) is 6.20. The van der Waals surface area contributed by atoms with E-state index >= 15 is 0 Å². The first kappa shape index (κ1) is 15.4. The molecule has 0 bridgehead atoms. The summed E-state index contributed by atoms with van der Waals surface area (Å²) >= 11 is 0. The lowest BCUT2D eigenvalue weighted by atomic mass is 10.2. The first-order valence-corrected chi connectivity index (χ1v) is 7.95. The largest absolute Gasteiger partial charge is 0.449 e. The van der Waals surface area contributed by atoms with Crippen LogP contribution in [0.3, 0.4) is 0 Å². The minimum absolute atomic E-state index is 0.438. The molecule has 0 atom stereocenters. The van der Waals surface area contributed by atoms with E-state index < -0.39 is 5.79 Å². The summed E-state index contributed by atoms with van der Waals surface area (Å²) in [6, 6.07) is 11.1. The van der Waals surface area contributed by atoms with Crippen molar-refractivity contribution in [2.24, 2.45) is 0 Å². The van der Waals surface area contributed by atoms with Gasteiger partial charge in [-0.3, -0.25) is 4.98 Å². The van der Waals surface area contributed by atoms with E-state index in [1.54, 1.807) is 18.5 Å². The maximum absolute atomic E-state index is 5.98. The molecule has 4 rings (SSSR count). The first-order valence-electron chi connectivity index (χ1n) is 7.95. The van der Waals surface area contributed by atoms with Crippen LogP contribution in [0.5, 0.6) is 23.1 Å². The fourth-order valence-electron chi connectivity index (χ4n) is 2.62. The average Bonchev–Trinajstić information content (AvgIpc) is 2.90. The van der Waals surface area contributed by atoms with Crippen LogP contribution < -0.4 is 14.2 Å². The van der Waals surface area contributed by atoms with E-state index in [-0.39, 0.29) is 0 Å². The van der Waals surface area contributed by atoms with Crippen LogP contribution in [-0.2, 0) is 0 Å². The third-order valence-corrected chi connectivity index (χ3v) is 3.61. The number of ether oxygens (including phenoxy) is 3. The van der Waals surface area contributed by atoms with Crippen molar-refractivity contribution in [1.29, 1.82) is 0 Å². The summed E-state index contributed by atoms with van der Waals surface area (Å²) in [6.45, 7) is 5.60. The fraction of sp³-hybridized carbons (Fsp3) is 0.211. The molecular weight excluding hydrogens is 318 g/mol. The van der Waals surface area contributed by atoms with E-state index in [1.165, 1.54) is 0 Å². The Balaban J connectivity index is 1.69. The average molecular weight is 335 g/mol. The molecule has 6 heteroatoms. The van der Waals surface area contributed by atoms with E-state index in [1.807, 2.05) is 51.1 Å². The van der Waals surface area contributed by atoms with Crippen LogP contribution in [0.1, 0.15) is 19.5 Å². The van der Waals surface area contributed by atoms with E-state index in [0.29, 0.717) is 29.0 Å². The quantitative estimate of drug-likeness (QED) is 0.716. The van der Waals surface area contributed by atoms with Crippen LogP contribution in [0.2, 0.25) is 0 Å². The van der Waals surface area contributed by atoms with E-state index in [0.717, 1.165) is 11.3 Å². The number of para-hydroxylation sites is 1. The summed E-state index contributed by atoms with van der Waals surface area (Å²) in [6.07, 6.45) is 3.43. The van der Waals surface area contributed by atoms with E-state index in [2.05, 4.69) is 15.0 Å². The van der Waals surface area contributed by atoms with Crippen molar-refractivity contribution in [2.75, 3.05) is 0 Å². The van der Waals surface area contributed by atoms with Gasteiger partial charge in [-0.2, -0.15) is 4.98 Å². The van der Waals surface area contributed by atoms with Crippen molar-refractivity contribution in [3.8, 4) is 34.5 Å². The molecule has 0 unspecified atom stereocenters. The van der Waals surface area contributed by atoms with Crippen LogP contribution in [0.25, 0.3) is 11.4 Å². The summed E-state index contributed by atoms with van der Waals surface area (Å²) in [5.74, 6) is 2.07. The van der Waals surface area contributed by atoms with Crippen LogP contribution >= 0.6 is 0 Å². The van der Waals surface area contributed by atoms with Gasteiger partial charge in [0.15, 0.2) is 17.3 Å². The minimum Gasteiger partial charge on any atom is -0.449 e. The number of fused-ring (bicyclic) bond motifs is 1. The number of aryl methyl sites for hydroxylation is 1. The molecule has 2 aromatic heterocycles. The Morgan fingerprint density at radius 1 is 1.04 bits per heavy atom. The highest BCUT2D eigenvalue weighted by Crippen LogP contribution is 2.46. The lowest BCUT2D eigenvalue weighted by Gasteiger charge is -2.16. The third kappa shape index (κ3) is 3.10. The number of pyridine rings is 1. The molecule has 0 spiro atoms. The zero-order chi connectivity index (χ0) is 17.4. The number of nitrogens with zero attached hydrogens (tertiary/aromatic N) is 3. The second kappa shape index (κ2) is 5.73. The van der Waals surface area contributed by atoms with Gasteiger partial charge in [0.1, 0.15) is 0 Å². The van der Waals surface area contributed by atoms with Gasteiger partial charge in [-0.25, -0.2) is 4.98 Å². The molecule has 126 valence electrons. The van der Waals surface area contributed by atoms with Crippen molar-refractivity contribution < 1.29 is 14.2 Å². The highest BCUT2D eigenvalue weighted by atomic mass is 16.7. The Morgan fingerprint density at radius 3 is 2.72 bits per heavy atom. The lowest BCUT2D eigenvalue weighted by Crippen LogP contribution is -2.29. The molecule has 6 nitrogen and oxygen atoms in total. The van der Waals surface area contributed by atoms with E-state index in [9.17, 15) is 0 Å². The minimum atomic E-state index is -0.718. The van der Waals surface area contributed by atoms with Gasteiger partial charge in [0.05, 0.1) is 0 Å². The molecule has 3 aromatic rings. The summed E-state index contributed by atoms with van der Waals surface area (Å²) < 4.78 is 17.6. The molecule has 0 radical (unpaired) electrons. The van der Waals surface area contributed by atoms with Gasteiger partial charge in [0.2, 0.25) is 17.4 Å². The Labute approximate surface area is 145 Å². The Kier molecular flexibility index (Phi) is 3.53. The molecule has 3 heterocycles. The number of rotatable bonds is 3. The molecule has 0 aliphatic carbocycles. The van der Waals surface area contributed by atoms with Crippen molar-refractivity contribution >= 4 is 0 Å². The standard InChI is InChI=1S/C19H17N3O3/c1-12-10-16(22-18(21-12)13-6-5-9-20-11-13)23-14-7-4-8-15-17(14)25-19(2,3)24-15/h4-11H,1-3H3. The summed E-state index contributed by atoms with van der Waals surface area (Å²) in [5.41, 5.74) is 1.63. The third-order valence-electron chi connectivity index (χ3n) is 3.61. The predicted molar refractivity (Wildman–Crippen MR) is 91.9 cm³/mol. The van der Waals surface area contributed by atoms with Crippen molar-refractivity contribution in [2.45, 2.75) is 26.6 Å². The molecule has 0 saturated heterocycles. The second-order valence-electron chi connectivity index (χ2n) is 6.20. The number of aromatic nitrogens is 3. The van der Waals surface area contributed by atoms with Crippen molar-refractivity contribution in [3.05, 3.63) is 54.5 Å². The molecule has 0 N–H and O–H groups in total. The van der Waals surface area contributed by atoms with Crippen LogP contribution in [0.15, 0.2) is 48.8 Å². The molecule has 1 aliphatic heterocycles. The highest BCUT2D eigenvalue weighted by Gasteiger charge is 2.34. The zero-order valence-corrected chi connectivity index (χ0v) is 14.2. The van der Waals surface area contributed by atoms with Crippen molar-refractivity contribution in [1.82, 2.24) is 15.0 Å². The first-order chi connectivity index (χ1) is 12.0. The normalized spacial score (nSPS) is 14.4. The predicted octanol–water partition coefficient (Wildman–Crippen LogP) is 4.15. The summed E-state index contributed by atoms with van der Waals surface area (Å²) in [5, 5.41) is 0. The van der Waals surface area contributed by atoms with Crippen molar-refractivity contribution in [3.63, 3.8) is 0 Å². The van der Waals surface area contributed by atoms with Crippen LogP contribution in [0, 0.1) is 6.92 Å². The topological polar surface area (TPSA) is 66.4 Å². The van der Waals surface area contributed by atoms with Gasteiger partial charge in [-0.05, 0) is 31.2 Å². The number of hydrogen-bond donors (Lipinski definition) is 0. The fourth-order valence-corrected chi connectivity index (χ4v) is 2.62. The maximum atomic E-state index is 5.98. The van der Waals surface area contributed by atoms with Crippen LogP contribution in [0.4, 0.5) is 0 Å². The lowest BCUT2D eigenvalue weighted by molar-refractivity contribution is -0.0438. The molecule has 1 aliphatic rings. The SMILES string of the molecule is Cc1cc(Oc2cccc3c2OC(C)(C)O3)nc(-c2cccnc2)n1. The summed E-state index contributed by atoms with van der Waals surface area (Å²) in [4.78, 5) is 13.1. The molecular formula is C19H17N3O3. The maximum Gasteiger partial charge on any atom is 0.246 e. The number of benzene rings is 1. The van der Waals surface area contributed by atoms with Gasteiger partial charge >= 0.3 is 0 Å². The molecule has 25 heavy (non-hydrogen) atoms. The smallest absolute Gasteiger partial charge is 0.246 e. The van der Waals surface area contributed by atoms with Gasteiger partial charge in [-0.15, -0.1) is 0 Å². The van der Waals surface area contributed by atoms with Crippen LogP contribution in [-0.4, -0.2) is 20.7 Å². The Morgan fingerprint density at radius 2 is 1.92 bits per heavy atom. The van der Waals surface area contributed by atoms with Gasteiger partial charge in [0.25, 0.3) is 0 Å². The van der Waals surface area contributed by atoms with Gasteiger partial charge in [-0.1, -0.05) is 6.07 Å². The van der Waals surface area contributed by atoms with Gasteiger partial charge < -0.3 is 14.2 Å². The molecule has 0 fully saturated rings. The molecule has 1 aromatic carbocycles. The Bertz CT molecular complexity index is 926. The Hall–Kier alpha value is -3.15. The monoisotopic (exact) mass is 335 g/mol. The number of hydrogen-bond acceptors (Lipinski definition) is 6. The zero-order valence-electron chi connectivity index (χ0n) is 14.2. The van der Waals surface area contributed by atoms with E-state index in [4.69, 9.17) is 14.2 Å². The highest BCUT2D eigenvalue weighted by molar-refractivity contribution is 5.56. The van der Waals surface area contributed by atoms with Gasteiger partial charge in [0, 0.05) is 43.6 Å².